The largest absolute Gasteiger partial charge is 0.508 e. The summed E-state index contributed by atoms with van der Waals surface area (Å²) in [5, 5.41) is 21.9. The van der Waals surface area contributed by atoms with Crippen molar-refractivity contribution in [1.29, 1.82) is 5.26 Å². The number of carbonyl (C=O) groups excluding carboxylic acids is 1. The molecule has 0 aliphatic carbocycles. The monoisotopic (exact) mass is 482 g/mol. The standard InChI is InChI=1S/C23H16BrClN2O3/c24-21-12-15(4-9-22(21)30-14-16-2-1-3-18(25)11-16)10-17(13-26)23(29)27-19-5-7-20(28)8-6-19/h1-12,28H,14H2,(H,27,29)/b17-10+. The van der Waals surface area contributed by atoms with E-state index in [1.54, 1.807) is 36.4 Å². The zero-order valence-corrected chi connectivity index (χ0v) is 17.9. The van der Waals surface area contributed by atoms with Gasteiger partial charge in [-0.1, -0.05) is 29.8 Å². The molecule has 0 aliphatic heterocycles. The van der Waals surface area contributed by atoms with Crippen molar-refractivity contribution in [2.75, 3.05) is 5.32 Å². The van der Waals surface area contributed by atoms with Crippen LogP contribution in [-0.2, 0) is 11.4 Å². The number of hydrogen-bond acceptors (Lipinski definition) is 4. The minimum atomic E-state index is -0.541. The maximum absolute atomic E-state index is 12.4. The Morgan fingerprint density at radius 1 is 1.17 bits per heavy atom. The SMILES string of the molecule is N#C/C(=C\c1ccc(OCc2cccc(Cl)c2)c(Br)c1)C(=O)Nc1ccc(O)cc1. The van der Waals surface area contributed by atoms with Crippen LogP contribution in [0.15, 0.2) is 76.8 Å². The fourth-order valence-corrected chi connectivity index (χ4v) is 3.29. The third-order valence-corrected chi connectivity index (χ3v) is 4.90. The Morgan fingerprint density at radius 3 is 2.60 bits per heavy atom. The number of nitrogens with zero attached hydrogens (tertiary/aromatic N) is 1. The van der Waals surface area contributed by atoms with Crippen molar-refractivity contribution in [2.24, 2.45) is 0 Å². The first-order valence-corrected chi connectivity index (χ1v) is 10.0. The van der Waals surface area contributed by atoms with Gasteiger partial charge in [0, 0.05) is 10.7 Å². The van der Waals surface area contributed by atoms with Gasteiger partial charge in [0.25, 0.3) is 5.91 Å². The molecule has 0 spiro atoms. The number of carbonyl (C=O) groups is 1. The molecule has 30 heavy (non-hydrogen) atoms. The molecule has 0 unspecified atom stereocenters. The van der Waals surface area contributed by atoms with E-state index in [4.69, 9.17) is 16.3 Å². The van der Waals surface area contributed by atoms with Gasteiger partial charge < -0.3 is 15.2 Å². The molecule has 0 aromatic heterocycles. The van der Waals surface area contributed by atoms with Crippen LogP contribution in [0, 0.1) is 11.3 Å². The normalized spacial score (nSPS) is 10.9. The minimum Gasteiger partial charge on any atom is -0.508 e. The first kappa shape index (κ1) is 21.4. The number of phenolic OH excluding ortho intramolecular Hbond substituents is 1. The predicted molar refractivity (Wildman–Crippen MR) is 120 cm³/mol. The number of hydrogen-bond donors (Lipinski definition) is 2. The van der Waals surface area contributed by atoms with Gasteiger partial charge >= 0.3 is 0 Å². The number of halogens is 2. The first-order valence-electron chi connectivity index (χ1n) is 8.83. The Bertz CT molecular complexity index is 1140. The minimum absolute atomic E-state index is 0.0532. The van der Waals surface area contributed by atoms with Crippen molar-refractivity contribution in [2.45, 2.75) is 6.61 Å². The molecule has 5 nitrogen and oxygen atoms in total. The third kappa shape index (κ3) is 5.86. The second-order valence-electron chi connectivity index (χ2n) is 6.28. The molecule has 150 valence electrons. The number of rotatable bonds is 6. The summed E-state index contributed by atoms with van der Waals surface area (Å²) in [6.45, 7) is 0.354. The smallest absolute Gasteiger partial charge is 0.266 e. The second kappa shape index (κ2) is 9.97. The molecular weight excluding hydrogens is 468 g/mol. The second-order valence-corrected chi connectivity index (χ2v) is 7.57. The maximum Gasteiger partial charge on any atom is 0.266 e. The number of amides is 1. The van der Waals surface area contributed by atoms with E-state index in [0.717, 1.165) is 5.56 Å². The molecule has 1 amide bonds. The molecule has 0 bridgehead atoms. The molecule has 3 aromatic carbocycles. The first-order chi connectivity index (χ1) is 14.4. The van der Waals surface area contributed by atoms with E-state index in [-0.39, 0.29) is 11.3 Å². The van der Waals surface area contributed by atoms with Crippen LogP contribution in [0.4, 0.5) is 5.69 Å². The van der Waals surface area contributed by atoms with Crippen molar-refractivity contribution in [3.8, 4) is 17.6 Å². The quantitative estimate of drug-likeness (QED) is 0.258. The molecule has 0 radical (unpaired) electrons. The molecule has 0 atom stereocenters. The fraction of sp³-hybridized carbons (Fsp3) is 0.0435. The molecule has 2 N–H and O–H groups in total. The molecule has 0 heterocycles. The van der Waals surface area contributed by atoms with Gasteiger partial charge in [0.15, 0.2) is 0 Å². The molecule has 0 saturated heterocycles. The van der Waals surface area contributed by atoms with E-state index in [1.807, 2.05) is 24.3 Å². The number of ether oxygens (including phenoxy) is 1. The average molecular weight is 484 g/mol. The van der Waals surface area contributed by atoms with Crippen LogP contribution in [-0.4, -0.2) is 11.0 Å². The number of benzene rings is 3. The highest BCUT2D eigenvalue weighted by atomic mass is 79.9. The molecule has 0 aliphatic rings. The van der Waals surface area contributed by atoms with Gasteiger partial charge in [-0.05, 0) is 81.7 Å². The van der Waals surface area contributed by atoms with Crippen LogP contribution in [0.3, 0.4) is 0 Å². The van der Waals surface area contributed by atoms with Crippen molar-refractivity contribution in [1.82, 2.24) is 0 Å². The zero-order valence-electron chi connectivity index (χ0n) is 15.6. The van der Waals surface area contributed by atoms with E-state index >= 15 is 0 Å². The summed E-state index contributed by atoms with van der Waals surface area (Å²) in [6, 6.07) is 20.6. The van der Waals surface area contributed by atoms with Crippen LogP contribution in [0.25, 0.3) is 6.08 Å². The lowest BCUT2D eigenvalue weighted by molar-refractivity contribution is -0.112. The summed E-state index contributed by atoms with van der Waals surface area (Å²) in [7, 11) is 0. The molecular formula is C23H16BrClN2O3. The summed E-state index contributed by atoms with van der Waals surface area (Å²) < 4.78 is 6.50. The highest BCUT2D eigenvalue weighted by Gasteiger charge is 2.11. The highest BCUT2D eigenvalue weighted by Crippen LogP contribution is 2.28. The van der Waals surface area contributed by atoms with Crippen molar-refractivity contribution in [3.05, 3.63) is 92.9 Å². The Hall–Kier alpha value is -3.27. The van der Waals surface area contributed by atoms with E-state index in [9.17, 15) is 15.2 Å². The molecule has 7 heteroatoms. The van der Waals surface area contributed by atoms with Gasteiger partial charge in [0.05, 0.1) is 4.47 Å². The number of nitrogens with one attached hydrogen (secondary N) is 1. The molecule has 0 saturated carbocycles. The van der Waals surface area contributed by atoms with Gasteiger partial charge in [0.2, 0.25) is 0 Å². The van der Waals surface area contributed by atoms with Crippen LogP contribution in [0.5, 0.6) is 11.5 Å². The van der Waals surface area contributed by atoms with Gasteiger partial charge in [-0.15, -0.1) is 0 Å². The Kier molecular flexibility index (Phi) is 7.12. The van der Waals surface area contributed by atoms with E-state index in [2.05, 4.69) is 21.2 Å². The Morgan fingerprint density at radius 2 is 1.93 bits per heavy atom. The maximum atomic E-state index is 12.4. The molecule has 3 aromatic rings. The van der Waals surface area contributed by atoms with Gasteiger partial charge in [0.1, 0.15) is 29.7 Å². The molecule has 0 fully saturated rings. The summed E-state index contributed by atoms with van der Waals surface area (Å²) >= 11 is 9.44. The van der Waals surface area contributed by atoms with Gasteiger partial charge in [-0.25, -0.2) is 0 Å². The fourth-order valence-electron chi connectivity index (χ4n) is 2.57. The number of anilines is 1. The van der Waals surface area contributed by atoms with Crippen molar-refractivity contribution < 1.29 is 14.6 Å². The topological polar surface area (TPSA) is 82.3 Å². The number of aromatic hydroxyl groups is 1. The average Bonchev–Trinajstić information content (AvgIpc) is 2.73. The highest BCUT2D eigenvalue weighted by molar-refractivity contribution is 9.10. The summed E-state index contributed by atoms with van der Waals surface area (Å²) in [6.07, 6.45) is 1.49. The van der Waals surface area contributed by atoms with Crippen molar-refractivity contribution >= 4 is 45.2 Å². The van der Waals surface area contributed by atoms with E-state index < -0.39 is 5.91 Å². The van der Waals surface area contributed by atoms with Gasteiger partial charge in [-0.2, -0.15) is 5.26 Å². The Labute approximate surface area is 187 Å². The summed E-state index contributed by atoms with van der Waals surface area (Å²) in [4.78, 5) is 12.4. The zero-order chi connectivity index (χ0) is 21.5. The van der Waals surface area contributed by atoms with Crippen molar-refractivity contribution in [3.63, 3.8) is 0 Å². The number of phenols is 1. The number of nitriles is 1. The van der Waals surface area contributed by atoms with Gasteiger partial charge in [-0.3, -0.25) is 4.79 Å². The van der Waals surface area contributed by atoms with Crippen LogP contribution in [0.2, 0.25) is 5.02 Å². The third-order valence-electron chi connectivity index (χ3n) is 4.04. The lowest BCUT2D eigenvalue weighted by atomic mass is 10.1. The molecule has 3 rings (SSSR count). The predicted octanol–water partition coefficient (Wildman–Crippen LogP) is 5.93. The van der Waals surface area contributed by atoms with E-state index in [1.165, 1.54) is 18.2 Å². The Balaban J connectivity index is 1.70. The van der Waals surface area contributed by atoms with E-state index in [0.29, 0.717) is 33.1 Å². The summed E-state index contributed by atoms with van der Waals surface area (Å²) in [5.74, 6) is 0.173. The lowest BCUT2D eigenvalue weighted by Gasteiger charge is -2.09. The lowest BCUT2D eigenvalue weighted by Crippen LogP contribution is -2.13. The summed E-state index contributed by atoms with van der Waals surface area (Å²) in [5.41, 5.74) is 2.03. The van der Waals surface area contributed by atoms with Crippen LogP contribution in [0.1, 0.15) is 11.1 Å². The van der Waals surface area contributed by atoms with Crippen LogP contribution < -0.4 is 10.1 Å². The van der Waals surface area contributed by atoms with Crippen LogP contribution >= 0.6 is 27.5 Å².